The maximum atomic E-state index is 10.1. The second-order valence-electron chi connectivity index (χ2n) is 10.3. The number of anilines is 1. The Kier molecular flexibility index (Phi) is 8.81. The van der Waals surface area contributed by atoms with Crippen LogP contribution in [0.15, 0.2) is 40.1 Å². The number of nitriles is 2. The predicted molar refractivity (Wildman–Crippen MR) is 163 cm³/mol. The van der Waals surface area contributed by atoms with Crippen molar-refractivity contribution in [1.29, 1.82) is 10.5 Å². The lowest BCUT2D eigenvalue weighted by Crippen LogP contribution is -2.40. The number of halogens is 1. The predicted octanol–water partition coefficient (Wildman–Crippen LogP) is 8.12. The van der Waals surface area contributed by atoms with Crippen molar-refractivity contribution in [3.05, 3.63) is 61.9 Å². The quantitative estimate of drug-likeness (QED) is 0.157. The van der Waals surface area contributed by atoms with Crippen LogP contribution in [0.3, 0.4) is 0 Å². The summed E-state index contributed by atoms with van der Waals surface area (Å²) in [4.78, 5) is 13.9. The van der Waals surface area contributed by atoms with Crippen LogP contribution in [0.2, 0.25) is 23.2 Å². The fraction of sp³-hybridized carbons (Fsp3) is 0.296. The molecule has 0 amide bonds. The molecule has 7 nitrogen and oxygen atoms in total. The maximum Gasteiger partial charge on any atom is 0.192 e. The van der Waals surface area contributed by atoms with Crippen molar-refractivity contribution in [2.24, 2.45) is 0 Å². The molecule has 0 saturated carbocycles. The van der Waals surface area contributed by atoms with Crippen LogP contribution in [0.5, 0.6) is 0 Å². The Hall–Kier alpha value is -2.77. The molecule has 39 heavy (non-hydrogen) atoms. The van der Waals surface area contributed by atoms with Gasteiger partial charge in [-0.05, 0) is 30.3 Å². The number of rotatable bonds is 8. The van der Waals surface area contributed by atoms with Crippen molar-refractivity contribution in [1.82, 2.24) is 15.0 Å². The van der Waals surface area contributed by atoms with Gasteiger partial charge >= 0.3 is 0 Å². The minimum absolute atomic E-state index is 0.0706. The first kappa shape index (κ1) is 29.2. The molecule has 0 unspecified atom stereocenters. The zero-order valence-electron chi connectivity index (χ0n) is 22.2. The zero-order chi connectivity index (χ0) is 28.4. The third kappa shape index (κ3) is 6.52. The van der Waals surface area contributed by atoms with Crippen LogP contribution in [-0.2, 0) is 16.8 Å². The molecule has 2 N–H and O–H groups in total. The van der Waals surface area contributed by atoms with E-state index in [1.54, 1.807) is 0 Å². The average molecular weight is 611 g/mol. The average Bonchev–Trinajstić information content (AvgIpc) is 3.55. The Morgan fingerprint density at radius 1 is 1.03 bits per heavy atom. The number of hydrogen-bond donors (Lipinski definition) is 1. The molecule has 0 aliphatic heterocycles. The van der Waals surface area contributed by atoms with E-state index < -0.39 is 8.32 Å². The molecule has 0 aliphatic carbocycles. The summed E-state index contributed by atoms with van der Waals surface area (Å²) in [5, 5.41) is 26.7. The molecule has 0 fully saturated rings. The molecular weight excluding hydrogens is 584 g/mol. The van der Waals surface area contributed by atoms with Gasteiger partial charge in [0.05, 0.1) is 23.6 Å². The van der Waals surface area contributed by atoms with Gasteiger partial charge in [-0.1, -0.05) is 56.3 Å². The van der Waals surface area contributed by atoms with Crippen LogP contribution in [0.25, 0.3) is 21.8 Å². The number of hydrogen-bond acceptors (Lipinski definition) is 10. The maximum absolute atomic E-state index is 10.1. The smallest absolute Gasteiger partial charge is 0.192 e. The van der Waals surface area contributed by atoms with Crippen LogP contribution in [0, 0.1) is 22.7 Å². The number of pyridine rings is 1. The van der Waals surface area contributed by atoms with E-state index in [2.05, 4.69) is 51.0 Å². The van der Waals surface area contributed by atoms with E-state index in [0.717, 1.165) is 21.3 Å². The molecule has 4 aromatic rings. The highest BCUT2D eigenvalue weighted by Gasteiger charge is 2.37. The fourth-order valence-corrected chi connectivity index (χ4v) is 7.03. The van der Waals surface area contributed by atoms with E-state index in [9.17, 15) is 10.5 Å². The van der Waals surface area contributed by atoms with E-state index in [-0.39, 0.29) is 22.0 Å². The summed E-state index contributed by atoms with van der Waals surface area (Å²) < 4.78 is 6.32. The van der Waals surface area contributed by atoms with E-state index >= 15 is 0 Å². The monoisotopic (exact) mass is 610 g/mol. The van der Waals surface area contributed by atoms with Gasteiger partial charge in [0.1, 0.15) is 38.6 Å². The van der Waals surface area contributed by atoms with Gasteiger partial charge in [-0.25, -0.2) is 15.0 Å². The molecule has 0 spiro atoms. The van der Waals surface area contributed by atoms with E-state index in [1.807, 2.05) is 35.0 Å². The zero-order valence-corrected chi connectivity index (χ0v) is 26.4. The van der Waals surface area contributed by atoms with Crippen LogP contribution in [0.4, 0.5) is 5.82 Å². The third-order valence-electron chi connectivity index (χ3n) is 6.59. The van der Waals surface area contributed by atoms with Crippen molar-refractivity contribution in [2.45, 2.75) is 56.3 Å². The molecule has 0 atom stereocenters. The lowest BCUT2D eigenvalue weighted by atomic mass is 10.0. The van der Waals surface area contributed by atoms with Crippen molar-refractivity contribution in [2.75, 3.05) is 5.73 Å². The molecule has 3 heterocycles. The summed E-state index contributed by atoms with van der Waals surface area (Å²) in [6.45, 7) is 11.3. The second kappa shape index (κ2) is 11.8. The first-order chi connectivity index (χ1) is 18.4. The topological polar surface area (TPSA) is 122 Å². The summed E-state index contributed by atoms with van der Waals surface area (Å²) in [6.07, 6.45) is 0. The third-order valence-corrected chi connectivity index (χ3v) is 14.1. The molecule has 0 saturated heterocycles. The van der Waals surface area contributed by atoms with Gasteiger partial charge in [0.2, 0.25) is 0 Å². The van der Waals surface area contributed by atoms with Gasteiger partial charge in [0.25, 0.3) is 0 Å². The summed E-state index contributed by atoms with van der Waals surface area (Å²) in [6, 6.07) is 11.9. The molecule has 0 radical (unpaired) electrons. The highest BCUT2D eigenvalue weighted by atomic mass is 35.5. The SMILES string of the molecule is CC(C)(C)[Si](C)(C)OCc1nc(-c2c(C#N)c(N)nc(SCc3csc(-c4ccc(Cl)cc4)n3)c2C#N)cs1. The fourth-order valence-electron chi connectivity index (χ4n) is 3.35. The first-order valence-corrected chi connectivity index (χ1v) is 18.0. The Labute approximate surface area is 246 Å². The number of benzene rings is 1. The van der Waals surface area contributed by atoms with Gasteiger partial charge in [-0.15, -0.1) is 22.7 Å². The van der Waals surface area contributed by atoms with Crippen molar-refractivity contribution < 1.29 is 4.43 Å². The molecule has 200 valence electrons. The summed E-state index contributed by atoms with van der Waals surface area (Å²) in [7, 11) is -1.96. The van der Waals surface area contributed by atoms with Gasteiger partial charge in [-0.3, -0.25) is 0 Å². The number of thiazole rings is 2. The Morgan fingerprint density at radius 2 is 1.72 bits per heavy atom. The van der Waals surface area contributed by atoms with Gasteiger partial charge in [0.15, 0.2) is 8.32 Å². The Bertz CT molecular complexity index is 1580. The number of nitrogens with zero attached hydrogens (tertiary/aromatic N) is 5. The minimum Gasteiger partial charge on any atom is -0.410 e. The van der Waals surface area contributed by atoms with E-state index in [0.29, 0.717) is 33.7 Å². The summed E-state index contributed by atoms with van der Waals surface area (Å²) in [5.41, 5.74) is 9.40. The normalized spacial score (nSPS) is 11.8. The number of aromatic nitrogens is 3. The summed E-state index contributed by atoms with van der Waals surface area (Å²) >= 11 is 10.3. The second-order valence-corrected chi connectivity index (χ2v) is 18.3. The Morgan fingerprint density at radius 3 is 2.36 bits per heavy atom. The molecule has 3 aromatic heterocycles. The molecule has 1 aromatic carbocycles. The highest BCUT2D eigenvalue weighted by Crippen LogP contribution is 2.39. The van der Waals surface area contributed by atoms with Crippen molar-refractivity contribution in [3.63, 3.8) is 0 Å². The van der Waals surface area contributed by atoms with Crippen LogP contribution in [-0.4, -0.2) is 23.3 Å². The Balaban J connectivity index is 1.60. The molecule has 4 rings (SSSR count). The molecular formula is C27H27ClN6OS3Si. The van der Waals surface area contributed by atoms with Gasteiger partial charge in [-0.2, -0.15) is 10.5 Å². The standard InChI is InChI=1S/C27H27ClN6OS3Si/c1-27(2,3)39(4,5)35-12-22-33-21(15-36-22)23-19(10-29)24(31)34-26(20(23)11-30)38-14-18-13-37-25(32-18)16-6-8-17(28)9-7-16/h6-9,13,15H,12,14H2,1-5H3,(H2,31,34). The van der Waals surface area contributed by atoms with Gasteiger partial charge < -0.3 is 10.2 Å². The number of thioether (sulfide) groups is 1. The van der Waals surface area contributed by atoms with E-state index in [4.69, 9.17) is 31.7 Å². The van der Waals surface area contributed by atoms with Crippen molar-refractivity contribution in [3.8, 4) is 34.0 Å². The van der Waals surface area contributed by atoms with Crippen LogP contribution >= 0.6 is 46.0 Å². The number of nitrogens with two attached hydrogens (primary N) is 1. The molecule has 0 aliphatic rings. The molecule has 0 bridgehead atoms. The first-order valence-electron chi connectivity index (χ1n) is 12.0. The van der Waals surface area contributed by atoms with Gasteiger partial charge in [0, 0.05) is 32.7 Å². The highest BCUT2D eigenvalue weighted by molar-refractivity contribution is 7.98. The van der Waals surface area contributed by atoms with Crippen LogP contribution in [0.1, 0.15) is 42.6 Å². The molecule has 12 heteroatoms. The largest absolute Gasteiger partial charge is 0.410 e. The lowest BCUT2D eigenvalue weighted by molar-refractivity contribution is 0.276. The van der Waals surface area contributed by atoms with E-state index in [1.165, 1.54) is 34.4 Å². The number of nitrogen functional groups attached to an aromatic ring is 1. The van der Waals surface area contributed by atoms with Crippen LogP contribution < -0.4 is 5.73 Å². The lowest BCUT2D eigenvalue weighted by Gasteiger charge is -2.35. The van der Waals surface area contributed by atoms with Crippen molar-refractivity contribution >= 4 is 60.2 Å². The summed E-state index contributed by atoms with van der Waals surface area (Å²) in [5.74, 6) is 0.556. The minimum atomic E-state index is -1.96.